The van der Waals surface area contributed by atoms with Crippen molar-refractivity contribution in [3.63, 3.8) is 0 Å². The molecule has 2 rings (SSSR count). The fourth-order valence-electron chi connectivity index (χ4n) is 1.32. The minimum Gasteiger partial charge on any atom is -0.481 e. The zero-order chi connectivity index (χ0) is 10.1. The van der Waals surface area contributed by atoms with Crippen molar-refractivity contribution < 1.29 is 9.90 Å². The Bertz CT molecular complexity index is 478. The zero-order valence-corrected chi connectivity index (χ0v) is 7.58. The van der Waals surface area contributed by atoms with Gasteiger partial charge in [-0.25, -0.2) is 4.52 Å². The summed E-state index contributed by atoms with van der Waals surface area (Å²) in [6, 6.07) is 0. The summed E-state index contributed by atoms with van der Waals surface area (Å²) in [5.41, 5.74) is 1.42. The molecule has 14 heavy (non-hydrogen) atoms. The first kappa shape index (κ1) is 8.68. The topological polar surface area (TPSA) is 67.5 Å². The fourth-order valence-corrected chi connectivity index (χ4v) is 1.32. The van der Waals surface area contributed by atoms with Crippen LogP contribution in [-0.2, 0) is 4.79 Å². The van der Waals surface area contributed by atoms with Crippen LogP contribution in [0.25, 0.3) is 5.52 Å². The van der Waals surface area contributed by atoms with Crippen LogP contribution in [0.5, 0.6) is 0 Å². The molecule has 0 aliphatic heterocycles. The van der Waals surface area contributed by atoms with E-state index >= 15 is 0 Å². The second-order valence-corrected chi connectivity index (χ2v) is 3.07. The van der Waals surface area contributed by atoms with Gasteiger partial charge in [0.05, 0.1) is 23.8 Å². The third-order valence-corrected chi connectivity index (χ3v) is 2.19. The third kappa shape index (κ3) is 1.22. The van der Waals surface area contributed by atoms with Gasteiger partial charge in [0, 0.05) is 18.0 Å². The molecule has 5 heteroatoms. The summed E-state index contributed by atoms with van der Waals surface area (Å²) in [6.45, 7) is 1.63. The molecule has 1 unspecified atom stereocenters. The number of hydrogen-bond acceptors (Lipinski definition) is 3. The molecule has 1 atom stereocenters. The highest BCUT2D eigenvalue weighted by atomic mass is 16.4. The van der Waals surface area contributed by atoms with E-state index < -0.39 is 11.9 Å². The second-order valence-electron chi connectivity index (χ2n) is 3.07. The average molecular weight is 191 g/mol. The summed E-state index contributed by atoms with van der Waals surface area (Å²) < 4.78 is 1.61. The first-order chi connectivity index (χ1) is 6.70. The molecule has 0 aliphatic rings. The minimum atomic E-state index is -0.858. The molecule has 0 saturated carbocycles. The van der Waals surface area contributed by atoms with Crippen molar-refractivity contribution in [2.75, 3.05) is 0 Å². The fraction of sp³-hybridized carbons (Fsp3) is 0.222. The highest BCUT2D eigenvalue weighted by Gasteiger charge is 2.17. The van der Waals surface area contributed by atoms with Crippen LogP contribution in [0.3, 0.4) is 0 Å². The van der Waals surface area contributed by atoms with Crippen LogP contribution in [0.2, 0.25) is 0 Å². The maximum Gasteiger partial charge on any atom is 0.310 e. The van der Waals surface area contributed by atoms with Crippen LogP contribution < -0.4 is 0 Å². The van der Waals surface area contributed by atoms with Crippen molar-refractivity contribution in [2.24, 2.45) is 0 Å². The Kier molecular flexibility index (Phi) is 1.92. The van der Waals surface area contributed by atoms with E-state index in [9.17, 15) is 4.79 Å². The van der Waals surface area contributed by atoms with Crippen LogP contribution in [0, 0.1) is 0 Å². The summed E-state index contributed by atoms with van der Waals surface area (Å²) in [5.74, 6) is -1.42. The van der Waals surface area contributed by atoms with E-state index in [1.165, 1.54) is 0 Å². The highest BCUT2D eigenvalue weighted by Crippen LogP contribution is 2.19. The molecular weight excluding hydrogens is 182 g/mol. The van der Waals surface area contributed by atoms with Gasteiger partial charge in [-0.1, -0.05) is 0 Å². The molecule has 0 fully saturated rings. The summed E-state index contributed by atoms with van der Waals surface area (Å²) in [6.07, 6.45) is 6.47. The van der Waals surface area contributed by atoms with E-state index in [2.05, 4.69) is 10.1 Å². The zero-order valence-electron chi connectivity index (χ0n) is 7.58. The van der Waals surface area contributed by atoms with Crippen molar-refractivity contribution >= 4 is 11.5 Å². The lowest BCUT2D eigenvalue weighted by Gasteiger charge is -2.02. The van der Waals surface area contributed by atoms with Gasteiger partial charge < -0.3 is 5.11 Å². The SMILES string of the molecule is CC(C(=O)O)c1cnn2ccncc12. The number of aliphatic carboxylic acids is 1. The van der Waals surface area contributed by atoms with Crippen LogP contribution in [-0.4, -0.2) is 25.7 Å². The lowest BCUT2D eigenvalue weighted by Crippen LogP contribution is -2.06. The molecular formula is C9H9N3O2. The molecule has 0 amide bonds. The van der Waals surface area contributed by atoms with E-state index in [0.29, 0.717) is 5.56 Å². The quantitative estimate of drug-likeness (QED) is 0.766. The molecule has 72 valence electrons. The Morgan fingerprint density at radius 2 is 2.36 bits per heavy atom. The van der Waals surface area contributed by atoms with Crippen LogP contribution in [0.15, 0.2) is 24.8 Å². The predicted octanol–water partition coefficient (Wildman–Crippen LogP) is 0.917. The van der Waals surface area contributed by atoms with Crippen LogP contribution >= 0.6 is 0 Å². The smallest absolute Gasteiger partial charge is 0.310 e. The van der Waals surface area contributed by atoms with Crippen LogP contribution in [0.4, 0.5) is 0 Å². The maximum atomic E-state index is 10.8. The summed E-state index contributed by atoms with van der Waals surface area (Å²) in [4.78, 5) is 14.7. The Labute approximate surface area is 80.0 Å². The molecule has 0 aliphatic carbocycles. The molecule has 2 aromatic heterocycles. The monoisotopic (exact) mass is 191 g/mol. The lowest BCUT2D eigenvalue weighted by molar-refractivity contribution is -0.138. The van der Waals surface area contributed by atoms with Crippen molar-refractivity contribution in [3.8, 4) is 0 Å². The van der Waals surface area contributed by atoms with E-state index in [4.69, 9.17) is 5.11 Å². The number of fused-ring (bicyclic) bond motifs is 1. The lowest BCUT2D eigenvalue weighted by atomic mass is 10.0. The van der Waals surface area contributed by atoms with Gasteiger partial charge in [-0.3, -0.25) is 9.78 Å². The second kappa shape index (κ2) is 3.10. The number of rotatable bonds is 2. The third-order valence-electron chi connectivity index (χ3n) is 2.19. The number of carboxylic acid groups (broad SMARTS) is 1. The summed E-state index contributed by atoms with van der Waals surface area (Å²) in [7, 11) is 0. The summed E-state index contributed by atoms with van der Waals surface area (Å²) in [5, 5.41) is 12.9. The molecule has 2 heterocycles. The predicted molar refractivity (Wildman–Crippen MR) is 49.0 cm³/mol. The van der Waals surface area contributed by atoms with Gasteiger partial charge in [0.25, 0.3) is 0 Å². The average Bonchev–Trinajstić information content (AvgIpc) is 2.60. The van der Waals surface area contributed by atoms with Crippen molar-refractivity contribution in [3.05, 3.63) is 30.4 Å². The number of nitrogens with zero attached hydrogens (tertiary/aromatic N) is 3. The van der Waals surface area contributed by atoms with Gasteiger partial charge in [0.15, 0.2) is 0 Å². The molecule has 0 spiro atoms. The molecule has 0 bridgehead atoms. The molecule has 2 aromatic rings. The Morgan fingerprint density at radius 3 is 3.07 bits per heavy atom. The van der Waals surface area contributed by atoms with Gasteiger partial charge in [-0.15, -0.1) is 0 Å². The number of aromatic nitrogens is 3. The van der Waals surface area contributed by atoms with Crippen molar-refractivity contribution in [1.82, 2.24) is 14.6 Å². The number of carboxylic acids is 1. The molecule has 5 nitrogen and oxygen atoms in total. The van der Waals surface area contributed by atoms with E-state index in [-0.39, 0.29) is 0 Å². The van der Waals surface area contributed by atoms with Gasteiger partial charge >= 0.3 is 5.97 Å². The Balaban J connectivity index is 2.58. The van der Waals surface area contributed by atoms with E-state index in [1.807, 2.05) is 0 Å². The largest absolute Gasteiger partial charge is 0.481 e. The molecule has 0 radical (unpaired) electrons. The normalized spacial score (nSPS) is 12.9. The molecule has 0 aromatic carbocycles. The van der Waals surface area contributed by atoms with Crippen molar-refractivity contribution in [2.45, 2.75) is 12.8 Å². The molecule has 0 saturated heterocycles. The molecule has 1 N–H and O–H groups in total. The first-order valence-corrected chi connectivity index (χ1v) is 4.20. The van der Waals surface area contributed by atoms with Gasteiger partial charge in [0.1, 0.15) is 0 Å². The minimum absolute atomic E-state index is 0.559. The number of carbonyl (C=O) groups is 1. The summed E-state index contributed by atoms with van der Waals surface area (Å²) >= 11 is 0. The Hall–Kier alpha value is -1.91. The van der Waals surface area contributed by atoms with Crippen molar-refractivity contribution in [1.29, 1.82) is 0 Å². The van der Waals surface area contributed by atoms with Gasteiger partial charge in [-0.2, -0.15) is 5.10 Å². The van der Waals surface area contributed by atoms with Gasteiger partial charge in [0.2, 0.25) is 0 Å². The first-order valence-electron chi connectivity index (χ1n) is 4.20. The van der Waals surface area contributed by atoms with Crippen LogP contribution in [0.1, 0.15) is 18.4 Å². The standard InChI is InChI=1S/C9H9N3O2/c1-6(9(13)14)7-4-11-12-3-2-10-5-8(7)12/h2-6H,1H3,(H,13,14). The maximum absolute atomic E-state index is 10.8. The Morgan fingerprint density at radius 1 is 1.57 bits per heavy atom. The van der Waals surface area contributed by atoms with E-state index in [1.54, 1.807) is 36.2 Å². The highest BCUT2D eigenvalue weighted by molar-refractivity contribution is 5.78. The number of hydrogen-bond donors (Lipinski definition) is 1. The van der Waals surface area contributed by atoms with Gasteiger partial charge in [-0.05, 0) is 6.92 Å². The van der Waals surface area contributed by atoms with E-state index in [0.717, 1.165) is 5.52 Å².